The summed E-state index contributed by atoms with van der Waals surface area (Å²) in [6.07, 6.45) is 2.85. The topological polar surface area (TPSA) is 38.2 Å². The van der Waals surface area contributed by atoms with Crippen molar-refractivity contribution in [2.24, 2.45) is 11.8 Å². The molecule has 0 saturated carbocycles. The largest absolute Gasteiger partial charge is 0.464 e. The van der Waals surface area contributed by atoms with Crippen LogP contribution in [0, 0.1) is 23.7 Å². The van der Waals surface area contributed by atoms with Gasteiger partial charge in [0.1, 0.15) is 12.1 Å². The van der Waals surface area contributed by atoms with Crippen molar-refractivity contribution in [2.75, 3.05) is 24.6 Å². The summed E-state index contributed by atoms with van der Waals surface area (Å²) >= 11 is 0. The van der Waals surface area contributed by atoms with Gasteiger partial charge in [-0.25, -0.2) is 9.97 Å². The van der Waals surface area contributed by atoms with Gasteiger partial charge in [-0.05, 0) is 25.2 Å². The van der Waals surface area contributed by atoms with E-state index in [2.05, 4.69) is 40.6 Å². The average molecular weight is 259 g/mol. The van der Waals surface area contributed by atoms with Gasteiger partial charge in [0.15, 0.2) is 6.61 Å². The molecule has 1 aliphatic rings. The second kappa shape index (κ2) is 6.42. The van der Waals surface area contributed by atoms with Crippen molar-refractivity contribution in [1.82, 2.24) is 9.97 Å². The van der Waals surface area contributed by atoms with Gasteiger partial charge in [-0.1, -0.05) is 19.8 Å². The van der Waals surface area contributed by atoms with Crippen LogP contribution in [-0.4, -0.2) is 29.7 Å². The van der Waals surface area contributed by atoms with E-state index in [1.165, 1.54) is 6.42 Å². The summed E-state index contributed by atoms with van der Waals surface area (Å²) in [5.41, 5.74) is 0. The van der Waals surface area contributed by atoms with E-state index in [9.17, 15) is 0 Å². The highest BCUT2D eigenvalue weighted by molar-refractivity contribution is 5.41. The molecule has 1 saturated heterocycles. The Morgan fingerprint density at radius 2 is 2.05 bits per heavy atom. The van der Waals surface area contributed by atoms with Crippen molar-refractivity contribution in [2.45, 2.75) is 27.2 Å². The number of hydrogen-bond acceptors (Lipinski definition) is 4. The van der Waals surface area contributed by atoms with Crippen LogP contribution in [0.1, 0.15) is 27.2 Å². The molecule has 19 heavy (non-hydrogen) atoms. The molecule has 102 valence electrons. The minimum Gasteiger partial charge on any atom is -0.464 e. The number of ether oxygens (including phenoxy) is 1. The van der Waals surface area contributed by atoms with E-state index >= 15 is 0 Å². The lowest BCUT2D eigenvalue weighted by molar-refractivity contribution is 0.347. The molecule has 0 unspecified atom stereocenters. The lowest BCUT2D eigenvalue weighted by atomic mass is 9.92. The molecule has 0 bridgehead atoms. The van der Waals surface area contributed by atoms with Gasteiger partial charge in [-0.15, -0.1) is 5.92 Å². The standard InChI is InChI=1S/C15H21N3O/c1-4-5-6-19-15-8-14(16-11-17-15)18-9-12(2)7-13(3)10-18/h8,11-13H,6-7,9-10H2,1-3H3/t12-,13-/m0/s1. The van der Waals surface area contributed by atoms with E-state index in [0.717, 1.165) is 18.9 Å². The van der Waals surface area contributed by atoms with Crippen molar-refractivity contribution in [3.63, 3.8) is 0 Å². The van der Waals surface area contributed by atoms with Crippen LogP contribution in [0.25, 0.3) is 0 Å². The van der Waals surface area contributed by atoms with Gasteiger partial charge in [0.05, 0.1) is 0 Å². The Morgan fingerprint density at radius 3 is 2.74 bits per heavy atom. The zero-order valence-corrected chi connectivity index (χ0v) is 11.9. The number of rotatable bonds is 3. The van der Waals surface area contributed by atoms with Gasteiger partial charge in [0, 0.05) is 19.2 Å². The van der Waals surface area contributed by atoms with E-state index < -0.39 is 0 Å². The van der Waals surface area contributed by atoms with Crippen LogP contribution in [-0.2, 0) is 0 Å². The van der Waals surface area contributed by atoms with Crippen molar-refractivity contribution in [3.05, 3.63) is 12.4 Å². The molecule has 0 spiro atoms. The van der Waals surface area contributed by atoms with E-state index in [1.807, 2.05) is 6.07 Å². The maximum absolute atomic E-state index is 5.48. The maximum Gasteiger partial charge on any atom is 0.219 e. The molecule has 4 nitrogen and oxygen atoms in total. The SMILES string of the molecule is CC#CCOc1cc(N2C[C@@H](C)C[C@H](C)C2)ncn1. The Bertz CT molecular complexity index is 468. The molecule has 0 N–H and O–H groups in total. The number of nitrogens with zero attached hydrogens (tertiary/aromatic N) is 3. The van der Waals surface area contributed by atoms with Gasteiger partial charge in [-0.3, -0.25) is 0 Å². The molecule has 2 heterocycles. The first-order chi connectivity index (χ1) is 9.19. The van der Waals surface area contributed by atoms with E-state index in [0.29, 0.717) is 24.3 Å². The molecular weight excluding hydrogens is 238 g/mol. The number of piperidine rings is 1. The minimum atomic E-state index is 0.375. The molecule has 4 heteroatoms. The van der Waals surface area contributed by atoms with Crippen LogP contribution in [0.3, 0.4) is 0 Å². The van der Waals surface area contributed by atoms with Gasteiger partial charge >= 0.3 is 0 Å². The highest BCUT2D eigenvalue weighted by Crippen LogP contribution is 2.25. The zero-order chi connectivity index (χ0) is 13.7. The third kappa shape index (κ3) is 3.85. The van der Waals surface area contributed by atoms with Crippen molar-refractivity contribution >= 4 is 5.82 Å². The predicted molar refractivity (Wildman–Crippen MR) is 76.1 cm³/mol. The Balaban J connectivity index is 2.06. The maximum atomic E-state index is 5.48. The van der Waals surface area contributed by atoms with Crippen LogP contribution < -0.4 is 9.64 Å². The van der Waals surface area contributed by atoms with Crippen molar-refractivity contribution in [3.8, 4) is 17.7 Å². The molecule has 0 radical (unpaired) electrons. The summed E-state index contributed by atoms with van der Waals surface area (Å²) in [4.78, 5) is 10.8. The lowest BCUT2D eigenvalue weighted by Crippen LogP contribution is -2.39. The predicted octanol–water partition coefficient (Wildman–Crippen LogP) is 2.36. The first-order valence-electron chi connectivity index (χ1n) is 6.78. The van der Waals surface area contributed by atoms with E-state index in [4.69, 9.17) is 4.74 Å². The lowest BCUT2D eigenvalue weighted by Gasteiger charge is -2.35. The third-order valence-corrected chi connectivity index (χ3v) is 3.29. The summed E-state index contributed by atoms with van der Waals surface area (Å²) in [6, 6.07) is 1.90. The fourth-order valence-corrected chi connectivity index (χ4v) is 2.61. The average Bonchev–Trinajstić information content (AvgIpc) is 2.38. The molecule has 0 aliphatic carbocycles. The summed E-state index contributed by atoms with van der Waals surface area (Å²) in [6.45, 7) is 8.85. The first-order valence-corrected chi connectivity index (χ1v) is 6.78. The van der Waals surface area contributed by atoms with Gasteiger partial charge < -0.3 is 9.64 Å². The summed E-state index contributed by atoms with van der Waals surface area (Å²) < 4.78 is 5.48. The molecule has 1 fully saturated rings. The Kier molecular flexibility index (Phi) is 4.62. The molecule has 2 atom stereocenters. The molecule has 2 rings (SSSR count). The summed E-state index contributed by atoms with van der Waals surface area (Å²) in [5.74, 6) is 8.62. The van der Waals surface area contributed by atoms with Crippen LogP contribution in [0.2, 0.25) is 0 Å². The number of hydrogen-bond donors (Lipinski definition) is 0. The molecule has 0 amide bonds. The fraction of sp³-hybridized carbons (Fsp3) is 0.600. The first kappa shape index (κ1) is 13.7. The molecular formula is C15H21N3O. The van der Waals surface area contributed by atoms with E-state index in [1.54, 1.807) is 13.3 Å². The zero-order valence-electron chi connectivity index (χ0n) is 11.9. The quantitative estimate of drug-likeness (QED) is 0.781. The van der Waals surface area contributed by atoms with Crippen LogP contribution in [0.15, 0.2) is 12.4 Å². The normalized spacial score (nSPS) is 22.6. The second-order valence-corrected chi connectivity index (χ2v) is 5.28. The monoisotopic (exact) mass is 259 g/mol. The summed E-state index contributed by atoms with van der Waals surface area (Å²) in [7, 11) is 0. The molecule has 1 aromatic rings. The van der Waals surface area contributed by atoms with Crippen LogP contribution >= 0.6 is 0 Å². The molecule has 1 aliphatic heterocycles. The van der Waals surface area contributed by atoms with Gasteiger partial charge in [0.2, 0.25) is 5.88 Å². The van der Waals surface area contributed by atoms with Crippen LogP contribution in [0.4, 0.5) is 5.82 Å². The third-order valence-electron chi connectivity index (χ3n) is 3.29. The Hall–Kier alpha value is -1.76. The molecule has 0 aromatic carbocycles. The number of anilines is 1. The number of aromatic nitrogens is 2. The Labute approximate surface area is 115 Å². The van der Waals surface area contributed by atoms with E-state index in [-0.39, 0.29) is 0 Å². The molecule has 1 aromatic heterocycles. The minimum absolute atomic E-state index is 0.375. The Morgan fingerprint density at radius 1 is 1.32 bits per heavy atom. The smallest absolute Gasteiger partial charge is 0.219 e. The van der Waals surface area contributed by atoms with Gasteiger partial charge in [0.25, 0.3) is 0 Å². The van der Waals surface area contributed by atoms with Gasteiger partial charge in [-0.2, -0.15) is 0 Å². The highest BCUT2D eigenvalue weighted by Gasteiger charge is 2.23. The van der Waals surface area contributed by atoms with Crippen molar-refractivity contribution < 1.29 is 4.74 Å². The highest BCUT2D eigenvalue weighted by atomic mass is 16.5. The second-order valence-electron chi connectivity index (χ2n) is 5.28. The summed E-state index contributed by atoms with van der Waals surface area (Å²) in [5, 5.41) is 0. The fourth-order valence-electron chi connectivity index (χ4n) is 2.61. The van der Waals surface area contributed by atoms with Crippen molar-refractivity contribution in [1.29, 1.82) is 0 Å². The van der Waals surface area contributed by atoms with Crippen LogP contribution in [0.5, 0.6) is 5.88 Å².